The van der Waals surface area contributed by atoms with E-state index in [0.29, 0.717) is 32.7 Å². The second-order valence-corrected chi connectivity index (χ2v) is 6.60. The van der Waals surface area contributed by atoms with Crippen molar-refractivity contribution in [1.29, 1.82) is 0 Å². The first-order chi connectivity index (χ1) is 12.1. The molecule has 25 heavy (non-hydrogen) atoms. The Bertz CT molecular complexity index is 686. The summed E-state index contributed by atoms with van der Waals surface area (Å²) in [6.07, 6.45) is 4.11. The van der Waals surface area contributed by atoms with Crippen LogP contribution in [0.2, 0.25) is 0 Å². The number of aromatic nitrogens is 2. The first kappa shape index (κ1) is 17.6. The number of rotatable bonds is 6. The number of benzene rings is 1. The maximum atomic E-state index is 12.6. The van der Waals surface area contributed by atoms with Crippen LogP contribution in [0.25, 0.3) is 0 Å². The number of hydrogen-bond donors (Lipinski definition) is 1. The summed E-state index contributed by atoms with van der Waals surface area (Å²) in [4.78, 5) is 16.4. The molecule has 1 saturated heterocycles. The molecule has 1 aliphatic heterocycles. The second-order valence-electron chi connectivity index (χ2n) is 6.60. The van der Waals surface area contributed by atoms with Crippen LogP contribution in [0.4, 0.5) is 0 Å². The van der Waals surface area contributed by atoms with E-state index in [9.17, 15) is 9.90 Å². The highest BCUT2D eigenvalue weighted by atomic mass is 16.3. The smallest absolute Gasteiger partial charge is 0.236 e. The molecule has 6 nitrogen and oxygen atoms in total. The largest absolute Gasteiger partial charge is 0.390 e. The zero-order valence-electron chi connectivity index (χ0n) is 14.7. The van der Waals surface area contributed by atoms with Gasteiger partial charge in [-0.25, -0.2) is 0 Å². The minimum Gasteiger partial charge on any atom is -0.390 e. The van der Waals surface area contributed by atoms with Gasteiger partial charge in [0, 0.05) is 44.5 Å². The molecule has 1 aromatic carbocycles. The van der Waals surface area contributed by atoms with Gasteiger partial charge in [0.25, 0.3) is 0 Å². The monoisotopic (exact) mass is 342 g/mol. The van der Waals surface area contributed by atoms with Gasteiger partial charge in [0.05, 0.1) is 18.8 Å². The Morgan fingerprint density at radius 1 is 1.20 bits per heavy atom. The van der Waals surface area contributed by atoms with Gasteiger partial charge < -0.3 is 10.0 Å². The number of aliphatic hydroxyl groups is 1. The highest BCUT2D eigenvalue weighted by molar-refractivity contribution is 5.78. The molecule has 1 unspecified atom stereocenters. The van der Waals surface area contributed by atoms with Gasteiger partial charge in [-0.3, -0.25) is 14.4 Å². The fraction of sp³-hybridized carbons (Fsp3) is 0.474. The molecule has 1 fully saturated rings. The van der Waals surface area contributed by atoms with Crippen molar-refractivity contribution in [1.82, 2.24) is 19.6 Å². The summed E-state index contributed by atoms with van der Waals surface area (Å²) in [5, 5.41) is 14.6. The van der Waals surface area contributed by atoms with Crippen LogP contribution in [0.15, 0.2) is 42.7 Å². The molecule has 2 aromatic rings. The fourth-order valence-corrected chi connectivity index (χ4v) is 3.23. The van der Waals surface area contributed by atoms with Crippen molar-refractivity contribution >= 4 is 5.91 Å². The van der Waals surface area contributed by atoms with E-state index in [1.54, 1.807) is 4.90 Å². The lowest BCUT2D eigenvalue weighted by Gasteiger charge is -2.21. The van der Waals surface area contributed by atoms with Gasteiger partial charge in [-0.1, -0.05) is 30.3 Å². The summed E-state index contributed by atoms with van der Waals surface area (Å²) in [7, 11) is 0. The summed E-state index contributed by atoms with van der Waals surface area (Å²) in [5.74, 6) is 0.0790. The van der Waals surface area contributed by atoms with Crippen LogP contribution in [0.1, 0.15) is 18.1 Å². The van der Waals surface area contributed by atoms with Crippen LogP contribution in [0.5, 0.6) is 0 Å². The lowest BCUT2D eigenvalue weighted by atomic mass is 10.1. The molecule has 1 atom stereocenters. The zero-order chi connectivity index (χ0) is 17.6. The Morgan fingerprint density at radius 2 is 2.00 bits per heavy atom. The number of carbonyl (C=O) groups excluding carboxylic acids is 1. The van der Waals surface area contributed by atoms with Crippen LogP contribution in [0, 0.1) is 0 Å². The first-order valence-corrected chi connectivity index (χ1v) is 8.87. The minimum atomic E-state index is -0.525. The molecular weight excluding hydrogens is 316 g/mol. The van der Waals surface area contributed by atoms with E-state index >= 15 is 0 Å². The number of aryl methyl sites for hydroxylation is 1. The molecule has 134 valence electrons. The Balaban J connectivity index is 1.58. The number of amides is 1. The van der Waals surface area contributed by atoms with E-state index in [1.165, 1.54) is 5.56 Å². The van der Waals surface area contributed by atoms with Crippen molar-refractivity contribution in [2.24, 2.45) is 0 Å². The van der Waals surface area contributed by atoms with Crippen molar-refractivity contribution in [3.8, 4) is 0 Å². The third-order valence-corrected chi connectivity index (χ3v) is 4.54. The Hall–Kier alpha value is -2.18. The van der Waals surface area contributed by atoms with Gasteiger partial charge in [0.15, 0.2) is 0 Å². The highest BCUT2D eigenvalue weighted by Gasteiger charge is 2.26. The van der Waals surface area contributed by atoms with Gasteiger partial charge in [0.2, 0.25) is 5.91 Å². The summed E-state index contributed by atoms with van der Waals surface area (Å²) in [5.41, 5.74) is 2.28. The Morgan fingerprint density at radius 3 is 2.72 bits per heavy atom. The maximum Gasteiger partial charge on any atom is 0.236 e. The number of hydrogen-bond acceptors (Lipinski definition) is 4. The third kappa shape index (κ3) is 4.90. The van der Waals surface area contributed by atoms with Crippen LogP contribution in [-0.4, -0.2) is 62.9 Å². The number of aliphatic hydroxyl groups excluding tert-OH is 1. The molecule has 0 bridgehead atoms. The van der Waals surface area contributed by atoms with Crippen molar-refractivity contribution < 1.29 is 9.90 Å². The average Bonchev–Trinajstić information content (AvgIpc) is 3.01. The van der Waals surface area contributed by atoms with Crippen molar-refractivity contribution in [3.63, 3.8) is 0 Å². The summed E-state index contributed by atoms with van der Waals surface area (Å²) >= 11 is 0. The summed E-state index contributed by atoms with van der Waals surface area (Å²) < 4.78 is 1.87. The highest BCUT2D eigenvalue weighted by Crippen LogP contribution is 2.11. The molecule has 6 heteroatoms. The summed E-state index contributed by atoms with van der Waals surface area (Å²) in [6.45, 7) is 5.39. The van der Waals surface area contributed by atoms with Gasteiger partial charge >= 0.3 is 0 Å². The number of β-amino-alcohol motifs (C(OH)–C–C–N with tert-alkyl or cyclic N) is 1. The average molecular weight is 342 g/mol. The lowest BCUT2D eigenvalue weighted by Crippen LogP contribution is -2.38. The van der Waals surface area contributed by atoms with Crippen LogP contribution in [0.3, 0.4) is 0 Å². The van der Waals surface area contributed by atoms with Gasteiger partial charge in [-0.2, -0.15) is 5.10 Å². The Labute approximate surface area is 148 Å². The molecule has 1 N–H and O–H groups in total. The minimum absolute atomic E-state index is 0.0790. The van der Waals surface area contributed by atoms with E-state index < -0.39 is 6.10 Å². The standard InChI is InChI=1S/C19H26N4O2/c1-2-23-12-17(10-20-23)11-21-13-18(24)14-22(19(25)15-21)9-8-16-6-4-3-5-7-16/h3-7,10,12,18,24H,2,8-9,11,13-15H2,1H3. The molecule has 1 aliphatic rings. The predicted molar refractivity (Wildman–Crippen MR) is 95.9 cm³/mol. The van der Waals surface area contributed by atoms with Gasteiger partial charge in [-0.05, 0) is 18.9 Å². The SMILES string of the molecule is CCn1cc(CN2CC(=O)N(CCc3ccccc3)CC(O)C2)cn1. The van der Waals surface area contributed by atoms with Crippen LogP contribution < -0.4 is 0 Å². The lowest BCUT2D eigenvalue weighted by molar-refractivity contribution is -0.131. The van der Waals surface area contributed by atoms with E-state index in [-0.39, 0.29) is 5.91 Å². The predicted octanol–water partition coefficient (Wildman–Crippen LogP) is 1.15. The van der Waals surface area contributed by atoms with E-state index in [2.05, 4.69) is 17.2 Å². The maximum absolute atomic E-state index is 12.6. The van der Waals surface area contributed by atoms with Crippen LogP contribution in [-0.2, 0) is 24.3 Å². The fourth-order valence-electron chi connectivity index (χ4n) is 3.23. The van der Waals surface area contributed by atoms with Crippen molar-refractivity contribution in [2.45, 2.75) is 32.5 Å². The molecule has 0 aliphatic carbocycles. The molecule has 0 saturated carbocycles. The zero-order valence-corrected chi connectivity index (χ0v) is 14.7. The third-order valence-electron chi connectivity index (χ3n) is 4.54. The second kappa shape index (κ2) is 8.27. The van der Waals surface area contributed by atoms with E-state index in [4.69, 9.17) is 0 Å². The molecule has 0 radical (unpaired) electrons. The molecule has 3 rings (SSSR count). The van der Waals surface area contributed by atoms with Crippen LogP contribution >= 0.6 is 0 Å². The molecule has 0 spiro atoms. The Kier molecular flexibility index (Phi) is 5.83. The molecule has 1 amide bonds. The van der Waals surface area contributed by atoms with Crippen molar-refractivity contribution in [3.05, 3.63) is 53.9 Å². The van der Waals surface area contributed by atoms with Gasteiger partial charge in [0.1, 0.15) is 0 Å². The topological polar surface area (TPSA) is 61.6 Å². The first-order valence-electron chi connectivity index (χ1n) is 8.87. The van der Waals surface area contributed by atoms with E-state index in [1.807, 2.05) is 47.1 Å². The normalized spacial score (nSPS) is 19.2. The van der Waals surface area contributed by atoms with E-state index in [0.717, 1.165) is 18.5 Å². The molecule has 1 aromatic heterocycles. The number of carbonyl (C=O) groups is 1. The molecular formula is C19H26N4O2. The molecule has 2 heterocycles. The summed E-state index contributed by atoms with van der Waals surface area (Å²) in [6, 6.07) is 10.1. The van der Waals surface area contributed by atoms with Gasteiger partial charge in [-0.15, -0.1) is 0 Å². The quantitative estimate of drug-likeness (QED) is 0.855. The van der Waals surface area contributed by atoms with Crippen molar-refractivity contribution in [2.75, 3.05) is 26.2 Å². The number of nitrogens with zero attached hydrogens (tertiary/aromatic N) is 4.